The van der Waals surface area contributed by atoms with Crippen molar-refractivity contribution < 1.29 is 13.9 Å². The van der Waals surface area contributed by atoms with Crippen LogP contribution in [0.25, 0.3) is 28.1 Å². The van der Waals surface area contributed by atoms with Crippen LogP contribution >= 0.6 is 0 Å². The van der Waals surface area contributed by atoms with Crippen molar-refractivity contribution in [1.82, 2.24) is 4.57 Å². The first-order valence-electron chi connectivity index (χ1n) is 10.7. The number of fused-ring (bicyclic) bond motifs is 1. The topological polar surface area (TPSA) is 31.2 Å². The molecule has 0 aliphatic heterocycles. The van der Waals surface area contributed by atoms with E-state index in [2.05, 4.69) is 30.5 Å². The maximum absolute atomic E-state index is 13.6. The molecular weight excluding hydrogens is 401 g/mol. The molecule has 3 nitrogen and oxygen atoms in total. The molecule has 0 spiro atoms. The highest BCUT2D eigenvalue weighted by atomic mass is 19.1. The third-order valence-electron chi connectivity index (χ3n) is 5.49. The van der Waals surface area contributed by atoms with Crippen LogP contribution in [-0.2, 0) is 16.1 Å². The number of benzene rings is 3. The lowest BCUT2D eigenvalue weighted by Gasteiger charge is -2.14. The Balaban J connectivity index is 1.79. The van der Waals surface area contributed by atoms with Crippen molar-refractivity contribution in [3.05, 3.63) is 102 Å². The predicted molar refractivity (Wildman–Crippen MR) is 128 cm³/mol. The molecular formula is C28H26FNO2. The zero-order chi connectivity index (χ0) is 22.7. The van der Waals surface area contributed by atoms with E-state index in [4.69, 9.17) is 4.74 Å². The molecule has 0 fully saturated rings. The third-order valence-corrected chi connectivity index (χ3v) is 5.49. The van der Waals surface area contributed by atoms with Crippen molar-refractivity contribution >= 4 is 22.9 Å². The minimum absolute atomic E-state index is 0.161. The van der Waals surface area contributed by atoms with Gasteiger partial charge in [0.15, 0.2) is 0 Å². The van der Waals surface area contributed by atoms with Gasteiger partial charge in [0.2, 0.25) is 0 Å². The number of carbonyl (C=O) groups excluding carboxylic acids is 1. The van der Waals surface area contributed by atoms with Crippen molar-refractivity contribution in [3.8, 4) is 11.1 Å². The smallest absolute Gasteiger partial charge is 0.334 e. The summed E-state index contributed by atoms with van der Waals surface area (Å²) in [7, 11) is 0. The van der Waals surface area contributed by atoms with Gasteiger partial charge < -0.3 is 9.30 Å². The van der Waals surface area contributed by atoms with Crippen molar-refractivity contribution in [1.29, 1.82) is 0 Å². The van der Waals surface area contributed by atoms with Crippen molar-refractivity contribution in [2.75, 3.05) is 0 Å². The molecule has 4 aromatic rings. The number of halogens is 1. The summed E-state index contributed by atoms with van der Waals surface area (Å²) in [6.45, 7) is 6.22. The molecule has 0 radical (unpaired) electrons. The van der Waals surface area contributed by atoms with Crippen LogP contribution in [0.2, 0.25) is 0 Å². The molecule has 0 bridgehead atoms. The number of nitrogens with zero attached hydrogens (tertiary/aromatic N) is 1. The minimum Gasteiger partial charge on any atom is -0.457 e. The molecule has 0 aliphatic rings. The molecule has 1 aromatic heterocycles. The van der Waals surface area contributed by atoms with Gasteiger partial charge in [0.1, 0.15) is 12.4 Å². The average molecular weight is 428 g/mol. The summed E-state index contributed by atoms with van der Waals surface area (Å²) < 4.78 is 21.4. The van der Waals surface area contributed by atoms with Gasteiger partial charge in [0.25, 0.3) is 0 Å². The number of ether oxygens (including phenoxy) is 1. The zero-order valence-electron chi connectivity index (χ0n) is 18.5. The second kappa shape index (κ2) is 9.23. The van der Waals surface area contributed by atoms with Crippen LogP contribution in [0.5, 0.6) is 0 Å². The lowest BCUT2D eigenvalue weighted by Crippen LogP contribution is -2.08. The van der Waals surface area contributed by atoms with Gasteiger partial charge in [-0.1, -0.05) is 60.7 Å². The lowest BCUT2D eigenvalue weighted by atomic mass is 10.0. The van der Waals surface area contributed by atoms with E-state index in [1.165, 1.54) is 12.1 Å². The number of rotatable bonds is 6. The van der Waals surface area contributed by atoms with Crippen molar-refractivity contribution in [3.63, 3.8) is 0 Å². The van der Waals surface area contributed by atoms with E-state index in [1.807, 2.05) is 48.5 Å². The molecule has 32 heavy (non-hydrogen) atoms. The predicted octanol–water partition coefficient (Wildman–Crippen LogP) is 7.18. The molecule has 0 saturated carbocycles. The Morgan fingerprint density at radius 3 is 2.31 bits per heavy atom. The van der Waals surface area contributed by atoms with E-state index in [0.29, 0.717) is 5.57 Å². The molecule has 0 amide bonds. The fourth-order valence-corrected chi connectivity index (χ4v) is 4.00. The van der Waals surface area contributed by atoms with E-state index >= 15 is 0 Å². The maximum atomic E-state index is 13.6. The van der Waals surface area contributed by atoms with E-state index in [1.54, 1.807) is 19.1 Å². The van der Waals surface area contributed by atoms with Crippen LogP contribution in [0.15, 0.2) is 84.4 Å². The second-order valence-corrected chi connectivity index (χ2v) is 8.14. The normalized spacial score (nSPS) is 11.8. The van der Waals surface area contributed by atoms with Gasteiger partial charge >= 0.3 is 5.97 Å². The summed E-state index contributed by atoms with van der Waals surface area (Å²) in [4.78, 5) is 12.8. The van der Waals surface area contributed by atoms with Crippen molar-refractivity contribution in [2.45, 2.75) is 33.4 Å². The Morgan fingerprint density at radius 2 is 1.62 bits per heavy atom. The number of aromatic nitrogens is 1. The van der Waals surface area contributed by atoms with Gasteiger partial charge in [-0.2, -0.15) is 0 Å². The first kappa shape index (κ1) is 21.6. The SMILES string of the molecule is CC(=Cc1c(-c2ccc(F)cc2)c2ccccc2n1C(C)C)C(=O)OCc1ccccc1. The third kappa shape index (κ3) is 4.35. The van der Waals surface area contributed by atoms with Gasteiger partial charge in [0.05, 0.1) is 5.69 Å². The standard InChI is InChI=1S/C28H26FNO2/c1-19(2)30-25-12-8-7-11-24(25)27(22-13-15-23(29)16-14-22)26(30)17-20(3)28(31)32-18-21-9-5-4-6-10-21/h4-17,19H,18H2,1-3H3. The van der Waals surface area contributed by atoms with Gasteiger partial charge in [0, 0.05) is 28.1 Å². The Kier molecular flexibility index (Phi) is 6.22. The monoisotopic (exact) mass is 427 g/mol. The maximum Gasteiger partial charge on any atom is 0.334 e. The molecule has 4 rings (SSSR count). The van der Waals surface area contributed by atoms with Gasteiger partial charge in [-0.3, -0.25) is 0 Å². The second-order valence-electron chi connectivity index (χ2n) is 8.14. The van der Waals surface area contributed by atoms with Crippen molar-refractivity contribution in [2.24, 2.45) is 0 Å². The first-order valence-corrected chi connectivity index (χ1v) is 10.7. The van der Waals surface area contributed by atoms with Gasteiger partial charge in [-0.25, -0.2) is 9.18 Å². The summed E-state index contributed by atoms with van der Waals surface area (Å²) in [6.07, 6.45) is 1.88. The van der Waals surface area contributed by atoms with Crippen LogP contribution in [0, 0.1) is 5.82 Å². The average Bonchev–Trinajstić information content (AvgIpc) is 3.12. The summed E-state index contributed by atoms with van der Waals surface area (Å²) in [5, 5.41) is 1.06. The number of esters is 1. The highest BCUT2D eigenvalue weighted by Gasteiger charge is 2.20. The summed E-state index contributed by atoms with van der Waals surface area (Å²) in [6, 6.07) is 24.4. The summed E-state index contributed by atoms with van der Waals surface area (Å²) >= 11 is 0. The Morgan fingerprint density at radius 1 is 0.969 bits per heavy atom. The highest BCUT2D eigenvalue weighted by Crippen LogP contribution is 2.38. The summed E-state index contributed by atoms with van der Waals surface area (Å²) in [5.74, 6) is -0.640. The molecule has 3 aromatic carbocycles. The molecule has 0 unspecified atom stereocenters. The molecule has 0 saturated heterocycles. The molecule has 0 aliphatic carbocycles. The van der Waals surface area contributed by atoms with Crippen LogP contribution in [0.3, 0.4) is 0 Å². The van der Waals surface area contributed by atoms with E-state index < -0.39 is 0 Å². The van der Waals surface area contributed by atoms with E-state index in [-0.39, 0.29) is 24.4 Å². The van der Waals surface area contributed by atoms with Crippen LogP contribution < -0.4 is 0 Å². The quantitative estimate of drug-likeness (QED) is 0.241. The largest absolute Gasteiger partial charge is 0.457 e. The highest BCUT2D eigenvalue weighted by molar-refractivity contribution is 6.03. The minimum atomic E-state index is -0.362. The zero-order valence-corrected chi connectivity index (χ0v) is 18.5. The number of carbonyl (C=O) groups is 1. The van der Waals surface area contributed by atoms with Gasteiger partial charge in [-0.15, -0.1) is 0 Å². The molecule has 0 N–H and O–H groups in total. The Hall–Kier alpha value is -3.66. The fraction of sp³-hybridized carbons (Fsp3) is 0.179. The van der Waals surface area contributed by atoms with Crippen LogP contribution in [0.1, 0.15) is 38.1 Å². The lowest BCUT2D eigenvalue weighted by molar-refractivity contribution is -0.140. The number of hydrogen-bond acceptors (Lipinski definition) is 2. The number of hydrogen-bond donors (Lipinski definition) is 0. The first-order chi connectivity index (χ1) is 15.5. The molecule has 162 valence electrons. The van der Waals surface area contributed by atoms with E-state index in [0.717, 1.165) is 33.3 Å². The van der Waals surface area contributed by atoms with Gasteiger partial charge in [-0.05, 0) is 56.2 Å². The van der Waals surface area contributed by atoms with E-state index in [9.17, 15) is 9.18 Å². The Bertz CT molecular complexity index is 1270. The molecule has 4 heteroatoms. The fourth-order valence-electron chi connectivity index (χ4n) is 4.00. The van der Waals surface area contributed by atoms with Crippen LogP contribution in [0.4, 0.5) is 4.39 Å². The number of para-hydroxylation sites is 1. The molecule has 1 heterocycles. The Labute approximate surface area is 187 Å². The van der Waals surface area contributed by atoms with Crippen LogP contribution in [-0.4, -0.2) is 10.5 Å². The molecule has 0 atom stereocenters. The summed E-state index contributed by atoms with van der Waals surface area (Å²) in [5.41, 5.74) is 5.30.